The van der Waals surface area contributed by atoms with Crippen LogP contribution in [-0.2, 0) is 9.53 Å². The average molecular weight is 620 g/mol. The van der Waals surface area contributed by atoms with Crippen LogP contribution in [0.2, 0.25) is 0 Å². The summed E-state index contributed by atoms with van der Waals surface area (Å²) in [7, 11) is 2.99. The summed E-state index contributed by atoms with van der Waals surface area (Å²) in [5.74, 6) is 1.44. The molecule has 0 aliphatic carbocycles. The van der Waals surface area contributed by atoms with Gasteiger partial charge in [-0.15, -0.1) is 0 Å². The highest BCUT2D eigenvalue weighted by molar-refractivity contribution is 7.07. The molecule has 0 radical (unpaired) electrons. The number of furan rings is 1. The minimum atomic E-state index is -0.848. The number of fused-ring (bicyclic) bond motifs is 1. The average Bonchev–Trinajstić information content (AvgIpc) is 3.60. The highest BCUT2D eigenvalue weighted by Crippen LogP contribution is 2.37. The minimum Gasteiger partial charge on any atom is -0.496 e. The van der Waals surface area contributed by atoms with Gasteiger partial charge >= 0.3 is 5.97 Å². The van der Waals surface area contributed by atoms with E-state index in [1.807, 2.05) is 6.92 Å². The number of rotatable bonds is 10. The molecule has 1 aliphatic rings. The molecule has 0 amide bonds. The second-order valence-electron chi connectivity index (χ2n) is 9.49. The third kappa shape index (κ3) is 5.61. The van der Waals surface area contributed by atoms with E-state index in [4.69, 9.17) is 23.4 Å². The molecule has 0 saturated heterocycles. The number of aromatic nitrogens is 1. The molecule has 4 aromatic rings. The van der Waals surface area contributed by atoms with E-state index in [1.165, 1.54) is 37.0 Å². The van der Waals surface area contributed by atoms with Gasteiger partial charge in [-0.2, -0.15) is 0 Å². The number of carbonyl (C=O) groups excluding carboxylic acids is 1. The van der Waals surface area contributed by atoms with Crippen molar-refractivity contribution in [3.8, 4) is 28.6 Å². The first kappa shape index (κ1) is 30.3. The van der Waals surface area contributed by atoms with Gasteiger partial charge in [-0.05, 0) is 56.7 Å². The number of hydrogen-bond donors (Lipinski definition) is 0. The standard InChI is InChI=1S/C31H29N3O9S/c1-6-41-25-14-18(8-11-24(25)40-5)28-27(30(36)42-7-2)17(3)32-31-33(28)29(35)26(44-31)16-20-10-13-23(43-20)21-15-19(34(37)38)9-12-22(21)39-4/h8-16,28H,6-7H2,1-5H3/b26-16-. The lowest BCUT2D eigenvalue weighted by atomic mass is 9.95. The fourth-order valence-corrected chi connectivity index (χ4v) is 5.97. The van der Waals surface area contributed by atoms with Gasteiger partial charge in [-0.25, -0.2) is 9.79 Å². The predicted octanol–water partition coefficient (Wildman–Crippen LogP) is 4.38. The van der Waals surface area contributed by atoms with E-state index in [2.05, 4.69) is 4.99 Å². The fourth-order valence-electron chi connectivity index (χ4n) is 4.95. The largest absolute Gasteiger partial charge is 0.496 e. The molecule has 5 rings (SSSR count). The number of hydrogen-bond acceptors (Lipinski definition) is 11. The second-order valence-corrected chi connectivity index (χ2v) is 10.5. The zero-order valence-electron chi connectivity index (χ0n) is 24.6. The maximum absolute atomic E-state index is 14.0. The number of nitro benzene ring substituents is 1. The lowest BCUT2D eigenvalue weighted by Gasteiger charge is -2.25. The first-order valence-electron chi connectivity index (χ1n) is 13.6. The summed E-state index contributed by atoms with van der Waals surface area (Å²) >= 11 is 1.14. The molecule has 13 heteroatoms. The van der Waals surface area contributed by atoms with E-state index in [-0.39, 0.29) is 17.9 Å². The van der Waals surface area contributed by atoms with Gasteiger partial charge in [0.2, 0.25) is 0 Å². The number of carbonyl (C=O) groups is 1. The van der Waals surface area contributed by atoms with Crippen LogP contribution in [0.15, 0.2) is 74.0 Å². The normalized spacial score (nSPS) is 14.6. The second kappa shape index (κ2) is 12.6. The van der Waals surface area contributed by atoms with Crippen molar-refractivity contribution >= 4 is 29.1 Å². The third-order valence-electron chi connectivity index (χ3n) is 6.88. The fraction of sp³-hybridized carbons (Fsp3) is 0.258. The number of esters is 1. The molecular weight excluding hydrogens is 590 g/mol. The molecule has 0 saturated carbocycles. The summed E-state index contributed by atoms with van der Waals surface area (Å²) < 4.78 is 29.7. The Morgan fingerprint density at radius 1 is 1.07 bits per heavy atom. The van der Waals surface area contributed by atoms with Crippen LogP contribution in [-0.4, -0.2) is 42.9 Å². The van der Waals surface area contributed by atoms with Crippen molar-refractivity contribution in [3.05, 3.63) is 101 Å². The van der Waals surface area contributed by atoms with E-state index in [0.29, 0.717) is 61.5 Å². The zero-order valence-corrected chi connectivity index (χ0v) is 25.4. The summed E-state index contributed by atoms with van der Waals surface area (Å²) in [6, 6.07) is 11.9. The van der Waals surface area contributed by atoms with Gasteiger partial charge in [0, 0.05) is 18.2 Å². The molecule has 1 aliphatic heterocycles. The highest BCUT2D eigenvalue weighted by Gasteiger charge is 2.34. The molecule has 12 nitrogen and oxygen atoms in total. The van der Waals surface area contributed by atoms with E-state index in [1.54, 1.807) is 50.3 Å². The van der Waals surface area contributed by atoms with Gasteiger partial charge in [0.15, 0.2) is 16.3 Å². The van der Waals surface area contributed by atoms with Crippen molar-refractivity contribution in [3.63, 3.8) is 0 Å². The Hall–Kier alpha value is -5.17. The molecule has 2 aromatic carbocycles. The lowest BCUT2D eigenvalue weighted by Crippen LogP contribution is -2.39. The monoisotopic (exact) mass is 619 g/mol. The molecule has 0 N–H and O–H groups in total. The molecule has 3 heterocycles. The van der Waals surface area contributed by atoms with Crippen LogP contribution in [0, 0.1) is 10.1 Å². The molecular formula is C31H29N3O9S. The smallest absolute Gasteiger partial charge is 0.338 e. The predicted molar refractivity (Wildman–Crippen MR) is 162 cm³/mol. The van der Waals surface area contributed by atoms with E-state index >= 15 is 0 Å². The molecule has 44 heavy (non-hydrogen) atoms. The van der Waals surface area contributed by atoms with Crippen molar-refractivity contribution in [1.82, 2.24) is 4.57 Å². The van der Waals surface area contributed by atoms with Gasteiger partial charge in [0.05, 0.1) is 59.8 Å². The van der Waals surface area contributed by atoms with Crippen LogP contribution in [0.1, 0.15) is 38.1 Å². The van der Waals surface area contributed by atoms with Gasteiger partial charge in [0.25, 0.3) is 11.2 Å². The Balaban J connectivity index is 1.65. The summed E-state index contributed by atoms with van der Waals surface area (Å²) in [5, 5.41) is 11.3. The van der Waals surface area contributed by atoms with Gasteiger partial charge in [0.1, 0.15) is 17.3 Å². The maximum atomic E-state index is 14.0. The Kier molecular flexibility index (Phi) is 8.67. The van der Waals surface area contributed by atoms with Crippen molar-refractivity contribution < 1.29 is 33.1 Å². The number of benzene rings is 2. The van der Waals surface area contributed by atoms with Crippen LogP contribution < -0.4 is 29.1 Å². The molecule has 1 unspecified atom stereocenters. The lowest BCUT2D eigenvalue weighted by molar-refractivity contribution is -0.384. The van der Waals surface area contributed by atoms with Gasteiger partial charge in [-0.1, -0.05) is 17.4 Å². The van der Waals surface area contributed by atoms with E-state index in [9.17, 15) is 19.7 Å². The SMILES string of the molecule is CCOC(=O)C1=C(C)N=c2s/c(=C\c3ccc(-c4cc([N+](=O)[O-])ccc4OC)o3)c(=O)n2C1c1ccc(OC)c(OCC)c1. The summed E-state index contributed by atoms with van der Waals surface area (Å²) in [6.07, 6.45) is 1.57. The number of methoxy groups -OCH3 is 2. The van der Waals surface area contributed by atoms with Crippen molar-refractivity contribution in [2.75, 3.05) is 27.4 Å². The quantitative estimate of drug-likeness (QED) is 0.143. The Labute approximate surface area is 255 Å². The Morgan fingerprint density at radius 2 is 1.82 bits per heavy atom. The van der Waals surface area contributed by atoms with Crippen molar-refractivity contribution in [2.45, 2.75) is 26.8 Å². The van der Waals surface area contributed by atoms with Crippen molar-refractivity contribution in [2.24, 2.45) is 4.99 Å². The summed E-state index contributed by atoms with van der Waals surface area (Å²) in [5.41, 5.74) is 1.14. The Bertz CT molecular complexity index is 1970. The maximum Gasteiger partial charge on any atom is 0.338 e. The highest BCUT2D eigenvalue weighted by atomic mass is 32.1. The number of ether oxygens (including phenoxy) is 4. The molecule has 228 valence electrons. The molecule has 0 spiro atoms. The number of thiazole rings is 1. The number of allylic oxidation sites excluding steroid dienone is 1. The zero-order chi connectivity index (χ0) is 31.5. The van der Waals surface area contributed by atoms with Crippen LogP contribution >= 0.6 is 11.3 Å². The number of nitrogens with zero attached hydrogens (tertiary/aromatic N) is 3. The first-order chi connectivity index (χ1) is 21.2. The number of nitro groups is 1. The van der Waals surface area contributed by atoms with Crippen LogP contribution in [0.4, 0.5) is 5.69 Å². The van der Waals surface area contributed by atoms with E-state index < -0.39 is 22.5 Å². The third-order valence-corrected chi connectivity index (χ3v) is 7.86. The molecule has 0 bridgehead atoms. The molecule has 0 fully saturated rings. The molecule has 2 aromatic heterocycles. The molecule has 1 atom stereocenters. The van der Waals surface area contributed by atoms with Gasteiger partial charge in [-0.3, -0.25) is 19.5 Å². The first-order valence-corrected chi connectivity index (χ1v) is 14.4. The summed E-state index contributed by atoms with van der Waals surface area (Å²) in [6.45, 7) is 5.79. The number of non-ortho nitro benzene ring substituents is 1. The Morgan fingerprint density at radius 3 is 2.50 bits per heavy atom. The van der Waals surface area contributed by atoms with Crippen LogP contribution in [0.3, 0.4) is 0 Å². The topological polar surface area (TPSA) is 145 Å². The van der Waals surface area contributed by atoms with Gasteiger partial charge < -0.3 is 23.4 Å². The minimum absolute atomic E-state index is 0.120. The van der Waals surface area contributed by atoms with Crippen LogP contribution in [0.5, 0.6) is 17.2 Å². The summed E-state index contributed by atoms with van der Waals surface area (Å²) in [4.78, 5) is 43.0. The van der Waals surface area contributed by atoms with Crippen molar-refractivity contribution in [1.29, 1.82) is 0 Å². The van der Waals surface area contributed by atoms with Crippen LogP contribution in [0.25, 0.3) is 17.4 Å². The van der Waals surface area contributed by atoms with E-state index in [0.717, 1.165) is 11.3 Å².